The monoisotopic (exact) mass is 402 g/mol. The topological polar surface area (TPSA) is 75.7 Å². The van der Waals surface area contributed by atoms with Gasteiger partial charge in [0.2, 0.25) is 0 Å². The Hall–Kier alpha value is -2.38. The molecule has 0 aromatic heterocycles. The number of rotatable bonds is 4. The smallest absolute Gasteiger partial charge is 0.261 e. The van der Waals surface area contributed by atoms with Crippen molar-refractivity contribution in [3.8, 4) is 0 Å². The van der Waals surface area contributed by atoms with Gasteiger partial charge in [-0.2, -0.15) is 0 Å². The maximum Gasteiger partial charge on any atom is 0.261 e. The van der Waals surface area contributed by atoms with E-state index in [4.69, 9.17) is 4.74 Å². The number of benzene rings is 2. The lowest BCUT2D eigenvalue weighted by Gasteiger charge is -2.26. The molecule has 150 valence electrons. The number of nitrogens with zero attached hydrogens (tertiary/aromatic N) is 1. The van der Waals surface area contributed by atoms with Crippen LogP contribution in [0, 0.1) is 0 Å². The summed E-state index contributed by atoms with van der Waals surface area (Å²) >= 11 is 0. The third kappa shape index (κ3) is 4.72. The number of carbonyl (C=O) groups is 1. The first-order valence-corrected chi connectivity index (χ1v) is 10.8. The van der Waals surface area contributed by atoms with E-state index in [-0.39, 0.29) is 16.2 Å². The summed E-state index contributed by atoms with van der Waals surface area (Å²) in [5, 5.41) is 0. The van der Waals surface area contributed by atoms with Gasteiger partial charge in [0.1, 0.15) is 0 Å². The number of morpholine rings is 1. The zero-order valence-corrected chi connectivity index (χ0v) is 17.3. The van der Waals surface area contributed by atoms with Gasteiger partial charge in [0.15, 0.2) is 0 Å². The van der Waals surface area contributed by atoms with Crippen LogP contribution in [0.1, 0.15) is 36.7 Å². The van der Waals surface area contributed by atoms with Crippen molar-refractivity contribution in [2.24, 2.45) is 0 Å². The van der Waals surface area contributed by atoms with Crippen LogP contribution in [0.4, 0.5) is 5.69 Å². The second-order valence-electron chi connectivity index (χ2n) is 7.86. The Kier molecular flexibility index (Phi) is 5.76. The van der Waals surface area contributed by atoms with Crippen LogP contribution in [-0.2, 0) is 20.2 Å². The Bertz CT molecular complexity index is 924. The Morgan fingerprint density at radius 3 is 2.07 bits per heavy atom. The maximum atomic E-state index is 12.6. The molecule has 2 aromatic rings. The van der Waals surface area contributed by atoms with Crippen LogP contribution in [0.25, 0.3) is 0 Å². The molecule has 0 spiro atoms. The molecular weight excluding hydrogens is 376 g/mol. The van der Waals surface area contributed by atoms with E-state index in [9.17, 15) is 13.2 Å². The van der Waals surface area contributed by atoms with Crippen molar-refractivity contribution in [3.05, 3.63) is 59.7 Å². The Morgan fingerprint density at radius 2 is 1.54 bits per heavy atom. The molecule has 0 saturated carbocycles. The molecule has 1 aliphatic heterocycles. The molecule has 0 atom stereocenters. The van der Waals surface area contributed by atoms with Gasteiger partial charge in [-0.05, 0) is 47.4 Å². The maximum absolute atomic E-state index is 12.6. The number of hydrogen-bond donors (Lipinski definition) is 1. The molecule has 1 amide bonds. The summed E-state index contributed by atoms with van der Waals surface area (Å²) in [6.45, 7) is 8.45. The minimum Gasteiger partial charge on any atom is -0.378 e. The predicted molar refractivity (Wildman–Crippen MR) is 109 cm³/mol. The summed E-state index contributed by atoms with van der Waals surface area (Å²) < 4.78 is 33.1. The second kappa shape index (κ2) is 7.93. The van der Waals surface area contributed by atoms with E-state index >= 15 is 0 Å². The minimum absolute atomic E-state index is 0.0431. The first-order chi connectivity index (χ1) is 13.2. The molecule has 0 bridgehead atoms. The molecule has 28 heavy (non-hydrogen) atoms. The lowest BCUT2D eigenvalue weighted by Crippen LogP contribution is -2.40. The third-order valence-corrected chi connectivity index (χ3v) is 6.11. The highest BCUT2D eigenvalue weighted by Gasteiger charge is 2.20. The van der Waals surface area contributed by atoms with E-state index in [1.807, 2.05) is 12.1 Å². The largest absolute Gasteiger partial charge is 0.378 e. The first-order valence-electron chi connectivity index (χ1n) is 9.27. The molecule has 6 nitrogen and oxygen atoms in total. The Labute approximate surface area is 166 Å². The van der Waals surface area contributed by atoms with Crippen molar-refractivity contribution < 1.29 is 17.9 Å². The van der Waals surface area contributed by atoms with E-state index in [2.05, 4.69) is 25.5 Å². The van der Waals surface area contributed by atoms with E-state index in [1.165, 1.54) is 0 Å². The van der Waals surface area contributed by atoms with Crippen molar-refractivity contribution in [3.63, 3.8) is 0 Å². The lowest BCUT2D eigenvalue weighted by molar-refractivity contribution is 0.0303. The number of hydrogen-bond acceptors (Lipinski definition) is 4. The standard InChI is InChI=1S/C21H26N2O4S/c1-21(2,3)17-6-10-19(11-7-17)28(25,26)22-18-8-4-16(5-9-18)20(24)23-12-14-27-15-13-23/h4-11,22H,12-15H2,1-3H3. The molecular formula is C21H26N2O4S. The summed E-state index contributed by atoms with van der Waals surface area (Å²) in [5.41, 5.74) is 1.97. The Balaban J connectivity index is 1.71. The molecule has 7 heteroatoms. The van der Waals surface area contributed by atoms with Crippen LogP contribution in [0.2, 0.25) is 0 Å². The number of sulfonamides is 1. The van der Waals surface area contributed by atoms with E-state index < -0.39 is 10.0 Å². The van der Waals surface area contributed by atoms with Gasteiger partial charge in [-0.25, -0.2) is 8.42 Å². The number of anilines is 1. The number of nitrogens with one attached hydrogen (secondary N) is 1. The van der Waals surface area contributed by atoms with Crippen molar-refractivity contribution in [2.75, 3.05) is 31.0 Å². The summed E-state index contributed by atoms with van der Waals surface area (Å²) in [5.74, 6) is -0.0736. The molecule has 0 unspecified atom stereocenters. The highest BCUT2D eigenvalue weighted by atomic mass is 32.2. The van der Waals surface area contributed by atoms with Gasteiger partial charge in [-0.1, -0.05) is 32.9 Å². The number of amides is 1. The van der Waals surface area contributed by atoms with Crippen molar-refractivity contribution >= 4 is 21.6 Å². The highest BCUT2D eigenvalue weighted by Crippen LogP contribution is 2.24. The predicted octanol–water partition coefficient (Wildman–Crippen LogP) is 3.26. The van der Waals surface area contributed by atoms with Crippen LogP contribution < -0.4 is 4.72 Å². The van der Waals surface area contributed by atoms with Gasteiger partial charge in [0.05, 0.1) is 18.1 Å². The fourth-order valence-electron chi connectivity index (χ4n) is 2.98. The second-order valence-corrected chi connectivity index (χ2v) is 9.54. The van der Waals surface area contributed by atoms with Crippen LogP contribution in [0.3, 0.4) is 0 Å². The zero-order chi connectivity index (χ0) is 20.4. The molecule has 1 heterocycles. The summed E-state index contributed by atoms with van der Waals surface area (Å²) in [6.07, 6.45) is 0. The van der Waals surface area contributed by atoms with Gasteiger partial charge in [0.25, 0.3) is 15.9 Å². The van der Waals surface area contributed by atoms with Gasteiger partial charge < -0.3 is 9.64 Å². The summed E-state index contributed by atoms with van der Waals surface area (Å²) in [6, 6.07) is 13.4. The zero-order valence-electron chi connectivity index (χ0n) is 16.4. The van der Waals surface area contributed by atoms with Crippen LogP contribution in [0.15, 0.2) is 53.4 Å². The van der Waals surface area contributed by atoms with E-state index in [1.54, 1.807) is 41.3 Å². The summed E-state index contributed by atoms with van der Waals surface area (Å²) in [7, 11) is -3.69. The fourth-order valence-corrected chi connectivity index (χ4v) is 4.04. The van der Waals surface area contributed by atoms with Crippen LogP contribution in [0.5, 0.6) is 0 Å². The highest BCUT2D eigenvalue weighted by molar-refractivity contribution is 7.92. The molecule has 0 aliphatic carbocycles. The van der Waals surface area contributed by atoms with Gasteiger partial charge in [0, 0.05) is 24.3 Å². The third-order valence-electron chi connectivity index (χ3n) is 4.71. The average Bonchev–Trinajstić information content (AvgIpc) is 2.68. The molecule has 2 aromatic carbocycles. The average molecular weight is 403 g/mol. The van der Waals surface area contributed by atoms with Crippen molar-refractivity contribution in [1.82, 2.24) is 4.90 Å². The van der Waals surface area contributed by atoms with Crippen molar-refractivity contribution in [1.29, 1.82) is 0 Å². The number of carbonyl (C=O) groups excluding carboxylic acids is 1. The lowest BCUT2D eigenvalue weighted by atomic mass is 9.87. The molecule has 1 N–H and O–H groups in total. The molecule has 0 radical (unpaired) electrons. The normalized spacial score (nSPS) is 15.3. The van der Waals surface area contributed by atoms with E-state index in [0.29, 0.717) is 37.6 Å². The Morgan fingerprint density at radius 1 is 0.964 bits per heavy atom. The van der Waals surface area contributed by atoms with Crippen LogP contribution in [-0.4, -0.2) is 45.5 Å². The van der Waals surface area contributed by atoms with Crippen LogP contribution >= 0.6 is 0 Å². The quantitative estimate of drug-likeness (QED) is 0.852. The van der Waals surface area contributed by atoms with Crippen molar-refractivity contribution in [2.45, 2.75) is 31.1 Å². The minimum atomic E-state index is -3.69. The number of ether oxygens (including phenoxy) is 1. The molecule has 3 rings (SSSR count). The molecule has 1 fully saturated rings. The van der Waals surface area contributed by atoms with E-state index in [0.717, 1.165) is 5.56 Å². The molecule has 1 saturated heterocycles. The SMILES string of the molecule is CC(C)(C)c1ccc(S(=O)(=O)Nc2ccc(C(=O)N3CCOCC3)cc2)cc1. The summed E-state index contributed by atoms with van der Waals surface area (Å²) in [4.78, 5) is 14.4. The first kappa shape index (κ1) is 20.4. The van der Waals surface area contributed by atoms with Gasteiger partial charge in [-0.15, -0.1) is 0 Å². The fraction of sp³-hybridized carbons (Fsp3) is 0.381. The molecule has 1 aliphatic rings. The van der Waals surface area contributed by atoms with Gasteiger partial charge in [-0.3, -0.25) is 9.52 Å². The van der Waals surface area contributed by atoms with Gasteiger partial charge >= 0.3 is 0 Å².